The Bertz CT molecular complexity index is 868. The maximum Gasteiger partial charge on any atom is 0.236 e. The Morgan fingerprint density at radius 3 is 2.80 bits per heavy atom. The van der Waals surface area contributed by atoms with E-state index in [9.17, 15) is 4.79 Å². The van der Waals surface area contributed by atoms with E-state index in [1.807, 2.05) is 29.6 Å². The summed E-state index contributed by atoms with van der Waals surface area (Å²) in [6, 6.07) is 7.56. The lowest BCUT2D eigenvalue weighted by Gasteiger charge is -2.02. The molecule has 0 unspecified atom stereocenters. The number of nitrogen functional groups attached to an aromatic ring is 1. The van der Waals surface area contributed by atoms with Crippen molar-refractivity contribution in [2.24, 2.45) is 0 Å². The second kappa shape index (κ2) is 7.90. The molecular weight excluding hydrogens is 360 g/mol. The average Bonchev–Trinajstić information content (AvgIpc) is 3.08. The van der Waals surface area contributed by atoms with E-state index in [-0.39, 0.29) is 17.6 Å². The molecule has 1 aromatic carbocycles. The topological polar surface area (TPSA) is 116 Å². The number of hydrogen-bond acceptors (Lipinski definition) is 9. The van der Waals surface area contributed by atoms with Crippen molar-refractivity contribution >= 4 is 40.1 Å². The molecule has 0 aliphatic heterocycles. The van der Waals surface area contributed by atoms with Crippen LogP contribution in [0.4, 0.5) is 11.1 Å². The number of nitrogens with two attached hydrogens (primary N) is 1. The predicted octanol–water partition coefficient (Wildman–Crippen LogP) is 2.32. The number of anilines is 2. The SMILES string of the molecule is COc1ccc(-c2csc(NC(=O)CSc3ncnc(N)n3)n2)cc1. The summed E-state index contributed by atoms with van der Waals surface area (Å²) in [6.07, 6.45) is 1.31. The number of ether oxygens (including phenoxy) is 1. The van der Waals surface area contributed by atoms with Gasteiger partial charge in [0.05, 0.1) is 18.6 Å². The first kappa shape index (κ1) is 17.1. The van der Waals surface area contributed by atoms with Crippen LogP contribution in [0.5, 0.6) is 5.75 Å². The summed E-state index contributed by atoms with van der Waals surface area (Å²) in [4.78, 5) is 28.0. The molecule has 2 aromatic heterocycles. The lowest BCUT2D eigenvalue weighted by Crippen LogP contribution is -2.14. The summed E-state index contributed by atoms with van der Waals surface area (Å²) >= 11 is 2.54. The molecule has 128 valence electrons. The largest absolute Gasteiger partial charge is 0.497 e. The summed E-state index contributed by atoms with van der Waals surface area (Å²) in [7, 11) is 1.62. The number of amides is 1. The molecule has 0 bridgehead atoms. The fourth-order valence-corrected chi connectivity index (χ4v) is 3.22. The first-order valence-electron chi connectivity index (χ1n) is 7.11. The summed E-state index contributed by atoms with van der Waals surface area (Å²) in [6.45, 7) is 0. The highest BCUT2D eigenvalue weighted by Gasteiger charge is 2.10. The summed E-state index contributed by atoms with van der Waals surface area (Å²) in [5.41, 5.74) is 7.22. The van der Waals surface area contributed by atoms with Gasteiger partial charge in [0.25, 0.3) is 0 Å². The van der Waals surface area contributed by atoms with Gasteiger partial charge < -0.3 is 15.8 Å². The molecule has 0 saturated carbocycles. The summed E-state index contributed by atoms with van der Waals surface area (Å²) < 4.78 is 5.13. The minimum atomic E-state index is -0.195. The Morgan fingerprint density at radius 2 is 2.08 bits per heavy atom. The van der Waals surface area contributed by atoms with Gasteiger partial charge in [0.2, 0.25) is 11.9 Å². The van der Waals surface area contributed by atoms with Crippen LogP contribution >= 0.6 is 23.1 Å². The Kier molecular flexibility index (Phi) is 5.41. The monoisotopic (exact) mass is 374 g/mol. The van der Waals surface area contributed by atoms with Crippen LogP contribution in [0, 0.1) is 0 Å². The maximum absolute atomic E-state index is 12.0. The van der Waals surface area contributed by atoms with Crippen LogP contribution in [0.25, 0.3) is 11.3 Å². The van der Waals surface area contributed by atoms with Gasteiger partial charge in [-0.25, -0.2) is 15.0 Å². The smallest absolute Gasteiger partial charge is 0.236 e. The van der Waals surface area contributed by atoms with Crippen LogP contribution in [-0.4, -0.2) is 38.7 Å². The number of methoxy groups -OCH3 is 1. The van der Waals surface area contributed by atoms with Crippen LogP contribution in [0.2, 0.25) is 0 Å². The fraction of sp³-hybridized carbons (Fsp3) is 0.133. The second-order valence-electron chi connectivity index (χ2n) is 4.73. The van der Waals surface area contributed by atoms with Crippen molar-refractivity contribution in [2.45, 2.75) is 5.16 Å². The Labute approximate surface area is 151 Å². The Morgan fingerprint density at radius 1 is 1.28 bits per heavy atom. The molecule has 0 atom stereocenters. The Hall–Kier alpha value is -2.72. The van der Waals surface area contributed by atoms with Gasteiger partial charge in [-0.3, -0.25) is 4.79 Å². The lowest BCUT2D eigenvalue weighted by atomic mass is 10.2. The fourth-order valence-electron chi connectivity index (χ4n) is 1.87. The molecule has 10 heteroatoms. The highest BCUT2D eigenvalue weighted by molar-refractivity contribution is 7.99. The maximum atomic E-state index is 12.0. The third-order valence-corrected chi connectivity index (χ3v) is 4.66. The molecule has 1 amide bonds. The number of carbonyl (C=O) groups is 1. The van der Waals surface area contributed by atoms with Gasteiger partial charge in [-0.1, -0.05) is 11.8 Å². The average molecular weight is 374 g/mol. The van der Waals surface area contributed by atoms with E-state index >= 15 is 0 Å². The van der Waals surface area contributed by atoms with Crippen LogP contribution in [0.3, 0.4) is 0 Å². The standard InChI is InChI=1S/C15H14N6O2S2/c1-23-10-4-2-9(3-5-10)11-6-24-15(19-11)20-12(22)7-25-14-18-8-17-13(16)21-14/h2-6,8H,7H2,1H3,(H,19,20,22)(H2,16,17,18,21). The second-order valence-corrected chi connectivity index (χ2v) is 6.53. The molecule has 0 aliphatic carbocycles. The van der Waals surface area contributed by atoms with Gasteiger partial charge >= 0.3 is 0 Å². The van der Waals surface area contributed by atoms with Gasteiger partial charge in [0.15, 0.2) is 10.3 Å². The van der Waals surface area contributed by atoms with Crippen LogP contribution in [0.15, 0.2) is 41.1 Å². The van der Waals surface area contributed by atoms with E-state index in [1.165, 1.54) is 29.4 Å². The number of rotatable bonds is 6. The molecule has 0 fully saturated rings. The molecule has 0 saturated heterocycles. The number of carbonyl (C=O) groups excluding carboxylic acids is 1. The lowest BCUT2D eigenvalue weighted by molar-refractivity contribution is -0.113. The highest BCUT2D eigenvalue weighted by Crippen LogP contribution is 2.26. The van der Waals surface area contributed by atoms with Gasteiger partial charge in [0.1, 0.15) is 12.1 Å². The van der Waals surface area contributed by atoms with E-state index in [1.54, 1.807) is 7.11 Å². The van der Waals surface area contributed by atoms with Crippen LogP contribution in [-0.2, 0) is 4.79 Å². The summed E-state index contributed by atoms with van der Waals surface area (Å²) in [5.74, 6) is 0.867. The zero-order chi connectivity index (χ0) is 17.6. The predicted molar refractivity (Wildman–Crippen MR) is 97.7 cm³/mol. The number of nitrogens with one attached hydrogen (secondary N) is 1. The molecule has 3 aromatic rings. The molecule has 0 spiro atoms. The highest BCUT2D eigenvalue weighted by atomic mass is 32.2. The molecule has 3 N–H and O–H groups in total. The van der Waals surface area contributed by atoms with Crippen molar-refractivity contribution in [2.75, 3.05) is 23.9 Å². The quantitative estimate of drug-likeness (QED) is 0.632. The molecule has 0 radical (unpaired) electrons. The number of benzene rings is 1. The van der Waals surface area contributed by atoms with Crippen LogP contribution < -0.4 is 15.8 Å². The molecule has 8 nitrogen and oxygen atoms in total. The molecular formula is C15H14N6O2S2. The van der Waals surface area contributed by atoms with Gasteiger partial charge in [-0.15, -0.1) is 11.3 Å². The van der Waals surface area contributed by atoms with Crippen molar-refractivity contribution in [3.05, 3.63) is 36.0 Å². The van der Waals surface area contributed by atoms with E-state index < -0.39 is 0 Å². The van der Waals surface area contributed by atoms with Gasteiger partial charge in [-0.05, 0) is 24.3 Å². The van der Waals surface area contributed by atoms with E-state index in [0.29, 0.717) is 10.3 Å². The number of thioether (sulfide) groups is 1. The third-order valence-electron chi connectivity index (χ3n) is 3.04. The zero-order valence-electron chi connectivity index (χ0n) is 13.2. The molecule has 2 heterocycles. The first-order valence-corrected chi connectivity index (χ1v) is 8.97. The zero-order valence-corrected chi connectivity index (χ0v) is 14.8. The van der Waals surface area contributed by atoms with Crippen LogP contribution in [0.1, 0.15) is 0 Å². The van der Waals surface area contributed by atoms with Crippen molar-refractivity contribution in [1.29, 1.82) is 0 Å². The molecule has 3 rings (SSSR count). The first-order chi connectivity index (χ1) is 12.1. The normalized spacial score (nSPS) is 10.4. The molecule has 0 aliphatic rings. The van der Waals surface area contributed by atoms with Crippen molar-refractivity contribution in [1.82, 2.24) is 19.9 Å². The summed E-state index contributed by atoms with van der Waals surface area (Å²) in [5, 5.41) is 5.58. The number of aromatic nitrogens is 4. The van der Waals surface area contributed by atoms with Crippen molar-refractivity contribution in [3.8, 4) is 17.0 Å². The van der Waals surface area contributed by atoms with Gasteiger partial charge in [0, 0.05) is 10.9 Å². The van der Waals surface area contributed by atoms with E-state index in [4.69, 9.17) is 10.5 Å². The minimum absolute atomic E-state index is 0.127. The number of thiazole rings is 1. The minimum Gasteiger partial charge on any atom is -0.497 e. The van der Waals surface area contributed by atoms with E-state index in [0.717, 1.165) is 17.0 Å². The van der Waals surface area contributed by atoms with E-state index in [2.05, 4.69) is 25.3 Å². The van der Waals surface area contributed by atoms with Crippen molar-refractivity contribution < 1.29 is 9.53 Å². The number of nitrogens with zero attached hydrogens (tertiary/aromatic N) is 4. The van der Waals surface area contributed by atoms with Crippen molar-refractivity contribution in [3.63, 3.8) is 0 Å². The third kappa shape index (κ3) is 4.64. The molecule has 25 heavy (non-hydrogen) atoms. The van der Waals surface area contributed by atoms with Gasteiger partial charge in [-0.2, -0.15) is 4.98 Å². The number of hydrogen-bond donors (Lipinski definition) is 2. The Balaban J connectivity index is 1.57.